The molecule has 0 fully saturated rings. The largest absolute Gasteiger partial charge is 0.454 e. The van der Waals surface area contributed by atoms with Gasteiger partial charge in [-0.1, -0.05) is 0 Å². The molecule has 0 amide bonds. The molecule has 0 bridgehead atoms. The van der Waals surface area contributed by atoms with Crippen molar-refractivity contribution < 1.29 is 31.5 Å². The third kappa shape index (κ3) is 3.19. The summed E-state index contributed by atoms with van der Waals surface area (Å²) in [5, 5.41) is 0. The molecule has 0 heterocycles. The highest BCUT2D eigenvalue weighted by Gasteiger charge is 2.41. The van der Waals surface area contributed by atoms with Gasteiger partial charge in [0, 0.05) is 11.1 Å². The molecule has 0 aromatic heterocycles. The van der Waals surface area contributed by atoms with Crippen LogP contribution in [0.4, 0.5) is 22.0 Å². The number of rotatable bonds is 3. The van der Waals surface area contributed by atoms with Crippen molar-refractivity contribution in [3.63, 3.8) is 0 Å². The van der Waals surface area contributed by atoms with Crippen molar-refractivity contribution in [2.45, 2.75) is 6.18 Å². The van der Waals surface area contributed by atoms with Crippen molar-refractivity contribution in [1.29, 1.82) is 0 Å². The van der Waals surface area contributed by atoms with Crippen LogP contribution in [0.1, 0.15) is 26.3 Å². The highest BCUT2D eigenvalue weighted by Crippen LogP contribution is 2.24. The predicted molar refractivity (Wildman–Crippen MR) is 66.6 cm³/mol. The van der Waals surface area contributed by atoms with Gasteiger partial charge in [-0.25, -0.2) is 8.78 Å². The Morgan fingerprint density at radius 3 is 1.91 bits per heavy atom. The van der Waals surface area contributed by atoms with Crippen molar-refractivity contribution in [2.24, 2.45) is 0 Å². The second kappa shape index (κ2) is 5.67. The molecular formula is C15H7F5O2. The molecule has 0 radical (unpaired) electrons. The molecule has 2 aromatic carbocycles. The molecule has 0 spiro atoms. The van der Waals surface area contributed by atoms with Crippen LogP contribution in [0.5, 0.6) is 0 Å². The van der Waals surface area contributed by atoms with E-state index in [4.69, 9.17) is 0 Å². The molecule has 0 N–H and O–H groups in total. The highest BCUT2D eigenvalue weighted by atomic mass is 19.4. The quantitative estimate of drug-likeness (QED) is 0.635. The second-order valence-electron chi connectivity index (χ2n) is 4.36. The Balaban J connectivity index is 2.43. The average Bonchev–Trinajstić information content (AvgIpc) is 2.46. The lowest BCUT2D eigenvalue weighted by Gasteiger charge is -2.08. The van der Waals surface area contributed by atoms with E-state index in [1.165, 1.54) is 0 Å². The number of carbonyl (C=O) groups is 2. The van der Waals surface area contributed by atoms with E-state index in [0.717, 1.165) is 30.3 Å². The van der Waals surface area contributed by atoms with Crippen molar-refractivity contribution in [2.75, 3.05) is 0 Å². The fourth-order valence-electron chi connectivity index (χ4n) is 1.76. The summed E-state index contributed by atoms with van der Waals surface area (Å²) in [5.74, 6) is -5.10. The molecule has 0 aliphatic heterocycles. The van der Waals surface area contributed by atoms with Gasteiger partial charge in [0.15, 0.2) is 5.78 Å². The highest BCUT2D eigenvalue weighted by molar-refractivity contribution is 6.10. The Labute approximate surface area is 121 Å². The number of hydrogen-bond donors (Lipinski definition) is 0. The molecular weight excluding hydrogens is 307 g/mol. The Morgan fingerprint density at radius 2 is 1.36 bits per heavy atom. The molecule has 0 atom stereocenters. The summed E-state index contributed by atoms with van der Waals surface area (Å²) in [4.78, 5) is 23.2. The molecule has 0 aliphatic rings. The number of ketones is 2. The van der Waals surface area contributed by atoms with E-state index in [0.29, 0.717) is 12.1 Å². The zero-order valence-electron chi connectivity index (χ0n) is 10.7. The molecule has 0 saturated heterocycles. The lowest BCUT2D eigenvalue weighted by Crippen LogP contribution is -2.24. The first-order chi connectivity index (χ1) is 10.2. The average molecular weight is 314 g/mol. The summed E-state index contributed by atoms with van der Waals surface area (Å²) >= 11 is 0. The van der Waals surface area contributed by atoms with E-state index in [2.05, 4.69) is 0 Å². The zero-order valence-corrected chi connectivity index (χ0v) is 10.7. The lowest BCUT2D eigenvalue weighted by atomic mass is 9.99. The molecule has 2 aromatic rings. The van der Waals surface area contributed by atoms with Crippen LogP contribution in [0.2, 0.25) is 0 Å². The number of carbonyl (C=O) groups excluding carboxylic acids is 2. The van der Waals surface area contributed by atoms with Crippen LogP contribution in [0.3, 0.4) is 0 Å². The summed E-state index contributed by atoms with van der Waals surface area (Å²) in [7, 11) is 0. The molecule has 0 aliphatic carbocycles. The van der Waals surface area contributed by atoms with Crippen LogP contribution in [0.15, 0.2) is 42.5 Å². The minimum Gasteiger partial charge on any atom is -0.289 e. The summed E-state index contributed by atoms with van der Waals surface area (Å²) in [6, 6.07) is 6.36. The van der Waals surface area contributed by atoms with Crippen molar-refractivity contribution in [1.82, 2.24) is 0 Å². The Morgan fingerprint density at radius 1 is 0.818 bits per heavy atom. The summed E-state index contributed by atoms with van der Waals surface area (Å²) in [5.41, 5.74) is -1.54. The summed E-state index contributed by atoms with van der Waals surface area (Å²) < 4.78 is 63.3. The van der Waals surface area contributed by atoms with Gasteiger partial charge in [0.25, 0.3) is 5.78 Å². The maximum Gasteiger partial charge on any atom is 0.454 e. The third-order valence-corrected chi connectivity index (χ3v) is 2.84. The van der Waals surface area contributed by atoms with Crippen LogP contribution in [-0.4, -0.2) is 17.7 Å². The van der Waals surface area contributed by atoms with Crippen molar-refractivity contribution >= 4 is 11.6 Å². The first-order valence-electron chi connectivity index (χ1n) is 5.91. The van der Waals surface area contributed by atoms with E-state index in [9.17, 15) is 31.5 Å². The Bertz CT molecular complexity index is 733. The smallest absolute Gasteiger partial charge is 0.289 e. The van der Waals surface area contributed by atoms with E-state index < -0.39 is 34.9 Å². The standard InChI is InChI=1S/C15H7F5O2/c16-10-4-1-8(2-5-10)13(21)9-3-6-12(17)11(7-9)14(22)15(18,19)20/h1-7H. The first-order valence-corrected chi connectivity index (χ1v) is 5.91. The zero-order chi connectivity index (χ0) is 16.5. The number of alkyl halides is 3. The topological polar surface area (TPSA) is 34.1 Å². The molecule has 7 heteroatoms. The minimum atomic E-state index is -5.25. The maximum atomic E-state index is 13.4. The van der Waals surface area contributed by atoms with Crippen LogP contribution in [-0.2, 0) is 0 Å². The number of Topliss-reactive ketones (excluding diaryl/α,β-unsaturated/α-hetero) is 1. The summed E-state index contributed by atoms with van der Waals surface area (Å²) in [6.07, 6.45) is -5.25. The Hall–Kier alpha value is -2.57. The van der Waals surface area contributed by atoms with Gasteiger partial charge in [-0.3, -0.25) is 9.59 Å². The van der Waals surface area contributed by atoms with Crippen LogP contribution in [0.25, 0.3) is 0 Å². The van der Waals surface area contributed by atoms with Gasteiger partial charge in [-0.2, -0.15) is 13.2 Å². The van der Waals surface area contributed by atoms with Crippen molar-refractivity contribution in [3.05, 3.63) is 70.8 Å². The second-order valence-corrected chi connectivity index (χ2v) is 4.36. The SMILES string of the molecule is O=C(c1ccc(F)cc1)c1ccc(F)c(C(=O)C(F)(F)F)c1. The van der Waals surface area contributed by atoms with E-state index in [1.807, 2.05) is 0 Å². The van der Waals surface area contributed by atoms with Gasteiger partial charge >= 0.3 is 6.18 Å². The summed E-state index contributed by atoms with van der Waals surface area (Å²) in [6.45, 7) is 0. The van der Waals surface area contributed by atoms with Crippen LogP contribution < -0.4 is 0 Å². The van der Waals surface area contributed by atoms with Gasteiger partial charge in [0.1, 0.15) is 11.6 Å². The maximum absolute atomic E-state index is 13.4. The minimum absolute atomic E-state index is 0.00147. The van der Waals surface area contributed by atoms with Gasteiger partial charge in [-0.05, 0) is 42.5 Å². The van der Waals surface area contributed by atoms with Gasteiger partial charge in [-0.15, -0.1) is 0 Å². The molecule has 114 valence electrons. The third-order valence-electron chi connectivity index (χ3n) is 2.84. The van der Waals surface area contributed by atoms with Crippen LogP contribution in [0, 0.1) is 11.6 Å². The molecule has 2 rings (SSSR count). The monoisotopic (exact) mass is 314 g/mol. The number of benzene rings is 2. The predicted octanol–water partition coefficient (Wildman–Crippen LogP) is 3.94. The van der Waals surface area contributed by atoms with Crippen LogP contribution >= 0.6 is 0 Å². The lowest BCUT2D eigenvalue weighted by molar-refractivity contribution is -0.0887. The van der Waals surface area contributed by atoms with E-state index in [1.54, 1.807) is 0 Å². The number of hydrogen-bond acceptors (Lipinski definition) is 2. The van der Waals surface area contributed by atoms with Gasteiger partial charge in [0.2, 0.25) is 0 Å². The first kappa shape index (κ1) is 15.8. The Kier molecular flexibility index (Phi) is 4.07. The fourth-order valence-corrected chi connectivity index (χ4v) is 1.76. The molecule has 22 heavy (non-hydrogen) atoms. The molecule has 2 nitrogen and oxygen atoms in total. The van der Waals surface area contributed by atoms with Crippen molar-refractivity contribution in [3.8, 4) is 0 Å². The molecule has 0 unspecified atom stereocenters. The van der Waals surface area contributed by atoms with Gasteiger partial charge < -0.3 is 0 Å². The fraction of sp³-hybridized carbons (Fsp3) is 0.0667. The number of halogens is 5. The molecule has 0 saturated carbocycles. The van der Waals surface area contributed by atoms with E-state index in [-0.39, 0.29) is 11.1 Å². The normalized spacial score (nSPS) is 11.3. The van der Waals surface area contributed by atoms with Gasteiger partial charge in [0.05, 0.1) is 5.56 Å². The van der Waals surface area contributed by atoms with E-state index >= 15 is 0 Å².